The van der Waals surface area contributed by atoms with E-state index in [2.05, 4.69) is 36.6 Å². The first-order chi connectivity index (χ1) is 7.79. The number of benzene rings is 1. The second-order valence-electron chi connectivity index (χ2n) is 4.59. The Morgan fingerprint density at radius 3 is 2.88 bits per heavy atom. The van der Waals surface area contributed by atoms with Crippen molar-refractivity contribution >= 4 is 11.8 Å². The van der Waals surface area contributed by atoms with E-state index in [0.29, 0.717) is 6.04 Å². The number of thioether (sulfide) groups is 1. The van der Waals surface area contributed by atoms with E-state index < -0.39 is 0 Å². The van der Waals surface area contributed by atoms with Crippen LogP contribution in [0.3, 0.4) is 0 Å². The van der Waals surface area contributed by atoms with Gasteiger partial charge >= 0.3 is 0 Å². The molecule has 0 amide bonds. The maximum Gasteiger partial charge on any atom is 0.0332 e. The molecule has 0 aromatic heterocycles. The Hall–Kier alpha value is -0.510. The number of nitrogens with two attached hydrogens (primary N) is 1. The molecule has 1 aromatic rings. The lowest BCUT2D eigenvalue weighted by Crippen LogP contribution is -2.45. The molecular weight excluding hydrogens is 216 g/mol. The summed E-state index contributed by atoms with van der Waals surface area (Å²) in [5, 5.41) is 0. The number of hydrazine groups is 1. The third-order valence-corrected chi connectivity index (χ3v) is 4.47. The first-order valence-corrected chi connectivity index (χ1v) is 6.94. The van der Waals surface area contributed by atoms with E-state index in [-0.39, 0.29) is 0 Å². The van der Waals surface area contributed by atoms with Crippen LogP contribution in [0.15, 0.2) is 29.2 Å². The van der Waals surface area contributed by atoms with Gasteiger partial charge in [0.25, 0.3) is 0 Å². The molecule has 1 aliphatic rings. The SMILES string of the molecule is Cc1cccc(SCC(NN)C2CCC2)c1. The highest BCUT2D eigenvalue weighted by Crippen LogP contribution is 2.32. The molecule has 1 aliphatic carbocycles. The summed E-state index contributed by atoms with van der Waals surface area (Å²) in [6.07, 6.45) is 4.05. The van der Waals surface area contributed by atoms with E-state index in [1.807, 2.05) is 11.8 Å². The summed E-state index contributed by atoms with van der Waals surface area (Å²) in [6.45, 7) is 2.13. The highest BCUT2D eigenvalue weighted by atomic mass is 32.2. The molecule has 0 radical (unpaired) electrons. The molecule has 1 unspecified atom stereocenters. The molecule has 88 valence electrons. The van der Waals surface area contributed by atoms with E-state index in [4.69, 9.17) is 5.84 Å². The van der Waals surface area contributed by atoms with Gasteiger partial charge in [-0.05, 0) is 37.8 Å². The van der Waals surface area contributed by atoms with Crippen molar-refractivity contribution in [2.24, 2.45) is 11.8 Å². The molecule has 0 bridgehead atoms. The van der Waals surface area contributed by atoms with Gasteiger partial charge in [0.05, 0.1) is 0 Å². The average Bonchev–Trinajstić information content (AvgIpc) is 2.21. The highest BCUT2D eigenvalue weighted by molar-refractivity contribution is 7.99. The van der Waals surface area contributed by atoms with Crippen LogP contribution in [-0.4, -0.2) is 11.8 Å². The van der Waals surface area contributed by atoms with Gasteiger partial charge in [-0.1, -0.05) is 24.1 Å². The largest absolute Gasteiger partial charge is 0.271 e. The number of hydrogen-bond donors (Lipinski definition) is 2. The van der Waals surface area contributed by atoms with Crippen molar-refractivity contribution in [2.45, 2.75) is 37.1 Å². The third-order valence-electron chi connectivity index (χ3n) is 3.35. The average molecular weight is 236 g/mol. The van der Waals surface area contributed by atoms with E-state index >= 15 is 0 Å². The van der Waals surface area contributed by atoms with Crippen LogP contribution < -0.4 is 11.3 Å². The lowest BCUT2D eigenvalue weighted by Gasteiger charge is -2.33. The van der Waals surface area contributed by atoms with Crippen LogP contribution in [0.4, 0.5) is 0 Å². The van der Waals surface area contributed by atoms with E-state index in [1.54, 1.807) is 0 Å². The number of aryl methyl sites for hydroxylation is 1. The zero-order valence-corrected chi connectivity index (χ0v) is 10.6. The third kappa shape index (κ3) is 3.00. The van der Waals surface area contributed by atoms with Crippen molar-refractivity contribution < 1.29 is 0 Å². The number of hydrogen-bond acceptors (Lipinski definition) is 3. The smallest absolute Gasteiger partial charge is 0.0332 e. The van der Waals surface area contributed by atoms with Crippen LogP contribution in [0, 0.1) is 12.8 Å². The second-order valence-corrected chi connectivity index (χ2v) is 5.69. The topological polar surface area (TPSA) is 38.0 Å². The Labute approximate surface area is 102 Å². The summed E-state index contributed by atoms with van der Waals surface area (Å²) in [7, 11) is 0. The van der Waals surface area contributed by atoms with Gasteiger partial charge in [0.15, 0.2) is 0 Å². The Balaban J connectivity index is 1.85. The maximum atomic E-state index is 5.61. The standard InChI is InChI=1S/C13H20N2S/c1-10-4-2-7-12(8-10)16-9-13(15-14)11-5-3-6-11/h2,4,7-8,11,13,15H,3,5-6,9,14H2,1H3. The van der Waals surface area contributed by atoms with Gasteiger partial charge in [-0.15, -0.1) is 11.8 Å². The van der Waals surface area contributed by atoms with Crippen LogP contribution in [0.2, 0.25) is 0 Å². The lowest BCUT2D eigenvalue weighted by molar-refractivity contribution is 0.246. The van der Waals surface area contributed by atoms with Crippen LogP contribution >= 0.6 is 11.8 Å². The molecule has 2 nitrogen and oxygen atoms in total. The van der Waals surface area contributed by atoms with Crippen LogP contribution in [0.25, 0.3) is 0 Å². The first kappa shape index (κ1) is 12.0. The van der Waals surface area contributed by atoms with Crippen molar-refractivity contribution in [3.05, 3.63) is 29.8 Å². The van der Waals surface area contributed by atoms with Gasteiger partial charge in [-0.3, -0.25) is 11.3 Å². The zero-order valence-electron chi connectivity index (χ0n) is 9.78. The zero-order chi connectivity index (χ0) is 11.4. The molecule has 0 saturated heterocycles. The fourth-order valence-electron chi connectivity index (χ4n) is 2.05. The van der Waals surface area contributed by atoms with Crippen molar-refractivity contribution in [1.82, 2.24) is 5.43 Å². The monoisotopic (exact) mass is 236 g/mol. The summed E-state index contributed by atoms with van der Waals surface area (Å²) in [5.74, 6) is 7.48. The predicted octanol–water partition coefficient (Wildman–Crippen LogP) is 2.72. The molecule has 0 heterocycles. The summed E-state index contributed by atoms with van der Waals surface area (Å²) >= 11 is 1.90. The second kappa shape index (κ2) is 5.71. The first-order valence-electron chi connectivity index (χ1n) is 5.95. The molecule has 16 heavy (non-hydrogen) atoms. The Morgan fingerprint density at radius 2 is 2.31 bits per heavy atom. The van der Waals surface area contributed by atoms with Crippen molar-refractivity contribution in [1.29, 1.82) is 0 Å². The normalized spacial score (nSPS) is 18.1. The Morgan fingerprint density at radius 1 is 1.50 bits per heavy atom. The minimum absolute atomic E-state index is 0.472. The molecule has 0 aliphatic heterocycles. The summed E-state index contributed by atoms with van der Waals surface area (Å²) in [6, 6.07) is 9.13. The van der Waals surface area contributed by atoms with Crippen LogP contribution in [-0.2, 0) is 0 Å². The lowest BCUT2D eigenvalue weighted by atomic mass is 9.80. The molecule has 1 saturated carbocycles. The highest BCUT2D eigenvalue weighted by Gasteiger charge is 2.26. The Bertz CT molecular complexity index is 336. The molecule has 1 atom stereocenters. The fourth-order valence-corrected chi connectivity index (χ4v) is 3.24. The quantitative estimate of drug-likeness (QED) is 0.469. The number of nitrogens with one attached hydrogen (secondary N) is 1. The fraction of sp³-hybridized carbons (Fsp3) is 0.538. The van der Waals surface area contributed by atoms with E-state index in [9.17, 15) is 0 Å². The summed E-state index contributed by atoms with van der Waals surface area (Å²) in [4.78, 5) is 1.35. The van der Waals surface area contributed by atoms with Crippen LogP contribution in [0.1, 0.15) is 24.8 Å². The number of rotatable bonds is 5. The molecule has 1 aromatic carbocycles. The molecule has 3 heteroatoms. The van der Waals surface area contributed by atoms with Gasteiger partial charge in [0.2, 0.25) is 0 Å². The Kier molecular flexibility index (Phi) is 4.27. The van der Waals surface area contributed by atoms with Crippen molar-refractivity contribution in [3.8, 4) is 0 Å². The van der Waals surface area contributed by atoms with Crippen molar-refractivity contribution in [2.75, 3.05) is 5.75 Å². The maximum absolute atomic E-state index is 5.61. The minimum atomic E-state index is 0.472. The van der Waals surface area contributed by atoms with E-state index in [1.165, 1.54) is 29.7 Å². The van der Waals surface area contributed by atoms with Gasteiger partial charge in [-0.2, -0.15) is 0 Å². The molecule has 0 spiro atoms. The van der Waals surface area contributed by atoms with Gasteiger partial charge in [0.1, 0.15) is 0 Å². The summed E-state index contributed by atoms with van der Waals surface area (Å²) < 4.78 is 0. The van der Waals surface area contributed by atoms with Gasteiger partial charge < -0.3 is 0 Å². The van der Waals surface area contributed by atoms with Crippen LogP contribution in [0.5, 0.6) is 0 Å². The molecule has 1 fully saturated rings. The van der Waals surface area contributed by atoms with Crippen molar-refractivity contribution in [3.63, 3.8) is 0 Å². The summed E-state index contributed by atoms with van der Waals surface area (Å²) in [5.41, 5.74) is 4.29. The molecule has 3 N–H and O–H groups in total. The predicted molar refractivity (Wildman–Crippen MR) is 70.4 cm³/mol. The van der Waals surface area contributed by atoms with Gasteiger partial charge in [-0.25, -0.2) is 0 Å². The van der Waals surface area contributed by atoms with E-state index in [0.717, 1.165) is 11.7 Å². The van der Waals surface area contributed by atoms with Gasteiger partial charge in [0, 0.05) is 16.7 Å². The minimum Gasteiger partial charge on any atom is -0.271 e. The molecular formula is C13H20N2S. The molecule has 2 rings (SSSR count).